The quantitative estimate of drug-likeness (QED) is 0.221. The van der Waals surface area contributed by atoms with Crippen molar-refractivity contribution in [2.24, 2.45) is 0 Å². The molecule has 8 heteroatoms. The molecule has 0 saturated carbocycles. The number of allylic oxidation sites excluding steroid dienone is 2. The maximum atomic E-state index is 13.5. The van der Waals surface area contributed by atoms with Crippen LogP contribution in [0.3, 0.4) is 0 Å². The van der Waals surface area contributed by atoms with E-state index < -0.39 is 5.92 Å². The van der Waals surface area contributed by atoms with Crippen LogP contribution >= 0.6 is 23.4 Å². The highest BCUT2D eigenvalue weighted by molar-refractivity contribution is 8.03. The number of benzene rings is 4. The van der Waals surface area contributed by atoms with Crippen LogP contribution in [0.5, 0.6) is 0 Å². The van der Waals surface area contributed by atoms with Crippen LogP contribution in [0.4, 0.5) is 11.4 Å². The molecule has 4 aromatic carbocycles. The summed E-state index contributed by atoms with van der Waals surface area (Å²) in [6.45, 7) is 1.80. The Morgan fingerprint density at radius 3 is 2.30 bits per heavy atom. The molecule has 1 aliphatic heterocycles. The lowest BCUT2D eigenvalue weighted by molar-refractivity contribution is -0.114. The normalized spacial score (nSPS) is 14.9. The minimum absolute atomic E-state index is 0.0848. The van der Waals surface area contributed by atoms with Crippen LogP contribution < -0.4 is 16.0 Å². The highest BCUT2D eigenvalue weighted by Crippen LogP contribution is 2.41. The van der Waals surface area contributed by atoms with E-state index in [1.54, 1.807) is 31.2 Å². The van der Waals surface area contributed by atoms with Crippen molar-refractivity contribution in [3.05, 3.63) is 130 Å². The van der Waals surface area contributed by atoms with Crippen LogP contribution in [-0.4, -0.2) is 17.6 Å². The van der Waals surface area contributed by atoms with Gasteiger partial charge in [-0.15, -0.1) is 0 Å². The standard InChI is InChI=1S/C32H25ClN4O2S/c1-20-29(31(39)37-25-15-12-24(33)13-16-25)30(22-8-3-2-4-9-22)27(18-34)32(35-20)40-19-28(38)36-26-14-11-21-7-5-6-10-23(21)17-26/h2-17,30,35H,19H2,1H3,(H,36,38)(H,37,39)/t30-/m0/s1. The van der Waals surface area contributed by atoms with Gasteiger partial charge < -0.3 is 16.0 Å². The molecule has 1 heterocycles. The van der Waals surface area contributed by atoms with E-state index in [-0.39, 0.29) is 17.6 Å². The number of fused-ring (bicyclic) bond motifs is 1. The van der Waals surface area contributed by atoms with E-state index in [1.807, 2.05) is 72.8 Å². The van der Waals surface area contributed by atoms with Crippen molar-refractivity contribution in [2.75, 3.05) is 16.4 Å². The van der Waals surface area contributed by atoms with E-state index >= 15 is 0 Å². The first-order valence-electron chi connectivity index (χ1n) is 12.6. The van der Waals surface area contributed by atoms with Gasteiger partial charge in [-0.2, -0.15) is 5.26 Å². The zero-order valence-electron chi connectivity index (χ0n) is 21.6. The Balaban J connectivity index is 1.38. The predicted molar refractivity (Wildman–Crippen MR) is 163 cm³/mol. The van der Waals surface area contributed by atoms with Crippen molar-refractivity contribution in [3.63, 3.8) is 0 Å². The molecule has 0 radical (unpaired) electrons. The van der Waals surface area contributed by atoms with Crippen molar-refractivity contribution in [1.29, 1.82) is 5.26 Å². The van der Waals surface area contributed by atoms with Gasteiger partial charge in [-0.25, -0.2) is 0 Å². The van der Waals surface area contributed by atoms with Crippen molar-refractivity contribution < 1.29 is 9.59 Å². The highest BCUT2D eigenvalue weighted by atomic mass is 35.5. The number of carbonyl (C=O) groups excluding carboxylic acids is 2. The summed E-state index contributed by atoms with van der Waals surface area (Å²) in [6, 6.07) is 32.3. The van der Waals surface area contributed by atoms with Gasteiger partial charge in [-0.3, -0.25) is 9.59 Å². The van der Waals surface area contributed by atoms with Crippen LogP contribution in [0.2, 0.25) is 5.02 Å². The molecule has 198 valence electrons. The molecular weight excluding hydrogens is 540 g/mol. The first-order valence-corrected chi connectivity index (χ1v) is 13.9. The Morgan fingerprint density at radius 1 is 0.900 bits per heavy atom. The predicted octanol–water partition coefficient (Wildman–Crippen LogP) is 7.20. The lowest BCUT2D eigenvalue weighted by Crippen LogP contribution is -2.31. The van der Waals surface area contributed by atoms with Crippen LogP contribution in [0.15, 0.2) is 119 Å². The third-order valence-electron chi connectivity index (χ3n) is 6.51. The number of thioether (sulfide) groups is 1. The largest absolute Gasteiger partial charge is 0.353 e. The minimum atomic E-state index is -0.606. The van der Waals surface area contributed by atoms with Crippen LogP contribution in [0.25, 0.3) is 10.8 Å². The number of amides is 2. The van der Waals surface area contributed by atoms with Crippen molar-refractivity contribution in [3.8, 4) is 6.07 Å². The van der Waals surface area contributed by atoms with Crippen molar-refractivity contribution >= 4 is 57.3 Å². The fourth-order valence-electron chi connectivity index (χ4n) is 4.64. The number of hydrogen-bond acceptors (Lipinski definition) is 5. The number of anilines is 2. The molecule has 0 aromatic heterocycles. The molecule has 6 nitrogen and oxygen atoms in total. The van der Waals surface area contributed by atoms with E-state index in [2.05, 4.69) is 22.0 Å². The SMILES string of the molecule is CC1=C(C(=O)Nc2ccc(Cl)cc2)[C@@H](c2ccccc2)C(C#N)=C(SCC(=O)Nc2ccc3ccccc3c2)N1. The Bertz CT molecular complexity index is 1690. The summed E-state index contributed by atoms with van der Waals surface area (Å²) < 4.78 is 0. The molecule has 0 fully saturated rings. The Labute approximate surface area is 241 Å². The highest BCUT2D eigenvalue weighted by Gasteiger charge is 2.34. The molecule has 2 amide bonds. The van der Waals surface area contributed by atoms with Gasteiger partial charge in [0.05, 0.1) is 28.3 Å². The van der Waals surface area contributed by atoms with Gasteiger partial charge in [0, 0.05) is 27.7 Å². The maximum Gasteiger partial charge on any atom is 0.254 e. The van der Waals surface area contributed by atoms with Gasteiger partial charge in [0.2, 0.25) is 5.91 Å². The molecule has 40 heavy (non-hydrogen) atoms. The first kappa shape index (κ1) is 27.1. The zero-order chi connectivity index (χ0) is 28.1. The number of dihydropyridines is 1. The summed E-state index contributed by atoms with van der Waals surface area (Å²) in [5.41, 5.74) is 3.52. The second-order valence-corrected chi connectivity index (χ2v) is 10.6. The molecule has 1 aliphatic rings. The van der Waals surface area contributed by atoms with Gasteiger partial charge in [0.25, 0.3) is 5.91 Å². The molecule has 3 N–H and O–H groups in total. The lowest BCUT2D eigenvalue weighted by atomic mass is 9.82. The Morgan fingerprint density at radius 2 is 1.57 bits per heavy atom. The molecule has 0 aliphatic carbocycles. The molecule has 1 atom stereocenters. The van der Waals surface area contributed by atoms with Gasteiger partial charge >= 0.3 is 0 Å². The van der Waals surface area contributed by atoms with Crippen molar-refractivity contribution in [2.45, 2.75) is 12.8 Å². The maximum absolute atomic E-state index is 13.5. The van der Waals surface area contributed by atoms with Crippen LogP contribution in [0, 0.1) is 11.3 Å². The van der Waals surface area contributed by atoms with E-state index in [0.29, 0.717) is 38.3 Å². The summed E-state index contributed by atoms with van der Waals surface area (Å²) in [4.78, 5) is 26.4. The fourth-order valence-corrected chi connectivity index (χ4v) is 5.66. The number of nitriles is 1. The summed E-state index contributed by atoms with van der Waals surface area (Å²) in [6.07, 6.45) is 0. The molecule has 5 rings (SSSR count). The number of nitrogens with zero attached hydrogens (tertiary/aromatic N) is 1. The van der Waals surface area contributed by atoms with Gasteiger partial charge in [0.15, 0.2) is 0 Å². The Hall–Kier alpha value is -4.51. The number of hydrogen-bond donors (Lipinski definition) is 3. The van der Waals surface area contributed by atoms with Crippen LogP contribution in [-0.2, 0) is 9.59 Å². The second kappa shape index (κ2) is 12.1. The minimum Gasteiger partial charge on any atom is -0.353 e. The molecule has 0 spiro atoms. The van der Waals surface area contributed by atoms with E-state index in [0.717, 1.165) is 16.3 Å². The van der Waals surface area contributed by atoms with Gasteiger partial charge in [-0.1, -0.05) is 84.0 Å². The molecule has 4 aromatic rings. The third kappa shape index (κ3) is 6.04. The summed E-state index contributed by atoms with van der Waals surface area (Å²) in [5.74, 6) is -1.05. The average molecular weight is 565 g/mol. The monoisotopic (exact) mass is 564 g/mol. The lowest BCUT2D eigenvalue weighted by Gasteiger charge is -2.30. The smallest absolute Gasteiger partial charge is 0.254 e. The molecule has 0 saturated heterocycles. The average Bonchev–Trinajstić information content (AvgIpc) is 2.97. The molecule has 0 bridgehead atoms. The number of rotatable bonds is 7. The second-order valence-electron chi connectivity index (χ2n) is 9.22. The number of nitrogens with one attached hydrogen (secondary N) is 3. The van der Waals surface area contributed by atoms with Crippen LogP contribution in [0.1, 0.15) is 18.4 Å². The van der Waals surface area contributed by atoms with Gasteiger partial charge in [-0.05, 0) is 59.7 Å². The van der Waals surface area contributed by atoms with E-state index in [4.69, 9.17) is 11.6 Å². The molecular formula is C32H25ClN4O2S. The van der Waals surface area contributed by atoms with E-state index in [1.165, 1.54) is 11.8 Å². The fraction of sp³-hybridized carbons (Fsp3) is 0.0938. The Kier molecular flexibility index (Phi) is 8.20. The topological polar surface area (TPSA) is 94.0 Å². The summed E-state index contributed by atoms with van der Waals surface area (Å²) >= 11 is 7.23. The molecule has 0 unspecified atom stereocenters. The zero-order valence-corrected chi connectivity index (χ0v) is 23.1. The number of carbonyl (C=O) groups is 2. The summed E-state index contributed by atoms with van der Waals surface area (Å²) in [5, 5.41) is 22.6. The summed E-state index contributed by atoms with van der Waals surface area (Å²) in [7, 11) is 0. The first-order chi connectivity index (χ1) is 19.4. The van der Waals surface area contributed by atoms with Crippen molar-refractivity contribution in [1.82, 2.24) is 5.32 Å². The number of halogens is 1. The van der Waals surface area contributed by atoms with E-state index in [9.17, 15) is 14.9 Å². The third-order valence-corrected chi connectivity index (χ3v) is 7.78. The van der Waals surface area contributed by atoms with Gasteiger partial charge in [0.1, 0.15) is 0 Å².